The maximum absolute atomic E-state index is 13.3. The van der Waals surface area contributed by atoms with Crippen LogP contribution in [0.15, 0.2) is 59.1 Å². The SMILES string of the molecule is CC1(c2ccc3ccccc3c2)NC(=O)N(Cc2cc3c(cc2Br)OCCO3)C1=O. The second-order valence-electron chi connectivity index (χ2n) is 7.60. The van der Waals surface area contributed by atoms with Crippen LogP contribution in [0.5, 0.6) is 11.5 Å². The van der Waals surface area contributed by atoms with Gasteiger partial charge in [-0.2, -0.15) is 0 Å². The molecule has 30 heavy (non-hydrogen) atoms. The van der Waals surface area contributed by atoms with E-state index in [4.69, 9.17) is 9.47 Å². The number of nitrogens with zero attached hydrogens (tertiary/aromatic N) is 1. The van der Waals surface area contributed by atoms with Crippen LogP contribution < -0.4 is 14.8 Å². The van der Waals surface area contributed by atoms with Gasteiger partial charge in [0.05, 0.1) is 6.54 Å². The molecule has 2 aliphatic rings. The predicted molar refractivity (Wildman–Crippen MR) is 116 cm³/mol. The summed E-state index contributed by atoms with van der Waals surface area (Å²) in [6, 6.07) is 17.0. The summed E-state index contributed by atoms with van der Waals surface area (Å²) in [5.74, 6) is 0.975. The van der Waals surface area contributed by atoms with E-state index in [0.717, 1.165) is 26.4 Å². The summed E-state index contributed by atoms with van der Waals surface area (Å²) in [4.78, 5) is 27.4. The maximum atomic E-state index is 13.3. The van der Waals surface area contributed by atoms with Crippen molar-refractivity contribution in [3.05, 3.63) is 70.2 Å². The normalized spacial score (nSPS) is 20.5. The van der Waals surface area contributed by atoms with Crippen LogP contribution >= 0.6 is 15.9 Å². The summed E-state index contributed by atoms with van der Waals surface area (Å²) >= 11 is 3.52. The Kier molecular flexibility index (Phi) is 4.43. The Morgan fingerprint density at radius 3 is 2.47 bits per heavy atom. The molecule has 0 radical (unpaired) electrons. The second-order valence-corrected chi connectivity index (χ2v) is 8.45. The van der Waals surface area contributed by atoms with Crippen LogP contribution in [-0.2, 0) is 16.9 Å². The fourth-order valence-electron chi connectivity index (χ4n) is 3.93. The highest BCUT2D eigenvalue weighted by molar-refractivity contribution is 9.10. The van der Waals surface area contributed by atoms with E-state index in [1.165, 1.54) is 4.90 Å². The molecule has 2 aliphatic heterocycles. The summed E-state index contributed by atoms with van der Waals surface area (Å²) in [6.07, 6.45) is 0. The van der Waals surface area contributed by atoms with E-state index in [9.17, 15) is 9.59 Å². The third kappa shape index (κ3) is 3.01. The molecule has 3 amide bonds. The number of rotatable bonds is 3. The Labute approximate surface area is 181 Å². The van der Waals surface area contributed by atoms with Crippen molar-refractivity contribution in [2.45, 2.75) is 19.0 Å². The van der Waals surface area contributed by atoms with Crippen molar-refractivity contribution in [1.29, 1.82) is 0 Å². The molecule has 0 bridgehead atoms. The van der Waals surface area contributed by atoms with Crippen LogP contribution in [-0.4, -0.2) is 30.1 Å². The number of fused-ring (bicyclic) bond motifs is 2. The molecule has 2 heterocycles. The monoisotopic (exact) mass is 466 g/mol. The van der Waals surface area contributed by atoms with Crippen LogP contribution in [0.2, 0.25) is 0 Å². The third-order valence-electron chi connectivity index (χ3n) is 5.64. The van der Waals surface area contributed by atoms with Crippen LogP contribution in [0.3, 0.4) is 0 Å². The zero-order valence-corrected chi connectivity index (χ0v) is 17.9. The minimum atomic E-state index is -1.12. The Morgan fingerprint density at radius 2 is 1.70 bits per heavy atom. The number of carbonyl (C=O) groups is 2. The highest BCUT2D eigenvalue weighted by atomic mass is 79.9. The highest BCUT2D eigenvalue weighted by Crippen LogP contribution is 2.37. The number of benzene rings is 3. The molecule has 1 fully saturated rings. The average molecular weight is 467 g/mol. The van der Waals surface area contributed by atoms with Gasteiger partial charge in [0, 0.05) is 4.47 Å². The maximum Gasteiger partial charge on any atom is 0.325 e. The molecule has 1 atom stereocenters. The number of amides is 3. The van der Waals surface area contributed by atoms with Gasteiger partial charge in [0.2, 0.25) is 0 Å². The quantitative estimate of drug-likeness (QED) is 0.582. The molecule has 0 spiro atoms. The van der Waals surface area contributed by atoms with Crippen molar-refractivity contribution in [3.63, 3.8) is 0 Å². The Hall–Kier alpha value is -3.06. The largest absolute Gasteiger partial charge is 0.486 e. The fourth-order valence-corrected chi connectivity index (χ4v) is 4.38. The summed E-state index contributed by atoms with van der Waals surface area (Å²) in [7, 11) is 0. The van der Waals surface area contributed by atoms with Crippen molar-refractivity contribution in [1.82, 2.24) is 10.2 Å². The first-order valence-electron chi connectivity index (χ1n) is 9.67. The number of carbonyl (C=O) groups excluding carboxylic acids is 2. The first kappa shape index (κ1) is 18.9. The van der Waals surface area contributed by atoms with E-state index < -0.39 is 11.6 Å². The minimum Gasteiger partial charge on any atom is -0.486 e. The molecule has 0 aliphatic carbocycles. The van der Waals surface area contributed by atoms with Gasteiger partial charge in [0.1, 0.15) is 18.8 Å². The van der Waals surface area contributed by atoms with Gasteiger partial charge in [-0.15, -0.1) is 0 Å². The molecule has 0 saturated carbocycles. The van der Waals surface area contributed by atoms with Gasteiger partial charge in [-0.1, -0.05) is 52.3 Å². The molecule has 6 nitrogen and oxygen atoms in total. The van der Waals surface area contributed by atoms with Crippen LogP contribution in [0.25, 0.3) is 10.8 Å². The summed E-state index contributed by atoms with van der Waals surface area (Å²) in [5.41, 5.74) is 0.398. The van der Waals surface area contributed by atoms with Gasteiger partial charge in [-0.05, 0) is 47.0 Å². The van der Waals surface area contributed by atoms with E-state index in [1.807, 2.05) is 54.6 Å². The molecule has 3 aromatic rings. The number of hydrogen-bond acceptors (Lipinski definition) is 4. The summed E-state index contributed by atoms with van der Waals surface area (Å²) < 4.78 is 12.0. The minimum absolute atomic E-state index is 0.130. The van der Waals surface area contributed by atoms with E-state index in [2.05, 4.69) is 21.2 Å². The zero-order chi connectivity index (χ0) is 20.9. The van der Waals surface area contributed by atoms with Gasteiger partial charge in [-0.25, -0.2) is 4.79 Å². The molecular formula is C23H19BrN2O4. The van der Waals surface area contributed by atoms with Crippen molar-refractivity contribution in [2.75, 3.05) is 13.2 Å². The van der Waals surface area contributed by atoms with E-state index in [1.54, 1.807) is 6.92 Å². The number of imide groups is 1. The van der Waals surface area contributed by atoms with E-state index in [-0.39, 0.29) is 12.5 Å². The Balaban J connectivity index is 1.46. The van der Waals surface area contributed by atoms with E-state index in [0.29, 0.717) is 24.7 Å². The van der Waals surface area contributed by atoms with Crippen molar-refractivity contribution in [2.24, 2.45) is 0 Å². The number of hydrogen-bond donors (Lipinski definition) is 1. The number of nitrogens with one attached hydrogen (secondary N) is 1. The average Bonchev–Trinajstić information content (AvgIpc) is 2.97. The molecule has 0 aromatic heterocycles. The Morgan fingerprint density at radius 1 is 1.00 bits per heavy atom. The molecule has 1 unspecified atom stereocenters. The van der Waals surface area contributed by atoms with Gasteiger partial charge >= 0.3 is 6.03 Å². The molecule has 7 heteroatoms. The lowest BCUT2D eigenvalue weighted by atomic mass is 9.90. The van der Waals surface area contributed by atoms with Gasteiger partial charge in [-0.3, -0.25) is 9.69 Å². The summed E-state index contributed by atoms with van der Waals surface area (Å²) in [6.45, 7) is 2.84. The van der Waals surface area contributed by atoms with Gasteiger partial charge in [0.15, 0.2) is 11.5 Å². The highest BCUT2D eigenvalue weighted by Gasteiger charge is 2.49. The van der Waals surface area contributed by atoms with E-state index >= 15 is 0 Å². The van der Waals surface area contributed by atoms with Gasteiger partial charge in [0.25, 0.3) is 5.91 Å². The Bertz CT molecular complexity index is 1200. The number of urea groups is 1. The third-order valence-corrected chi connectivity index (χ3v) is 6.38. The second kappa shape index (κ2) is 7.02. The molecule has 1 N–H and O–H groups in total. The first-order valence-corrected chi connectivity index (χ1v) is 10.5. The van der Waals surface area contributed by atoms with Crippen molar-refractivity contribution >= 4 is 38.6 Å². The molecule has 5 rings (SSSR count). The van der Waals surface area contributed by atoms with Gasteiger partial charge < -0.3 is 14.8 Å². The molecular weight excluding hydrogens is 448 g/mol. The number of ether oxygens (including phenoxy) is 2. The predicted octanol–water partition coefficient (Wildman–Crippen LogP) is 4.34. The fraction of sp³-hybridized carbons (Fsp3) is 0.217. The smallest absolute Gasteiger partial charge is 0.325 e. The van der Waals surface area contributed by atoms with Crippen molar-refractivity contribution in [3.8, 4) is 11.5 Å². The lowest BCUT2D eigenvalue weighted by Crippen LogP contribution is -2.40. The van der Waals surface area contributed by atoms with Crippen LogP contribution in [0, 0.1) is 0 Å². The molecule has 152 valence electrons. The zero-order valence-electron chi connectivity index (χ0n) is 16.3. The van der Waals surface area contributed by atoms with Crippen LogP contribution in [0.4, 0.5) is 4.79 Å². The van der Waals surface area contributed by atoms with Crippen molar-refractivity contribution < 1.29 is 19.1 Å². The van der Waals surface area contributed by atoms with Crippen LogP contribution in [0.1, 0.15) is 18.1 Å². The molecule has 1 saturated heterocycles. The lowest BCUT2D eigenvalue weighted by molar-refractivity contribution is -0.131. The molecule has 3 aromatic carbocycles. The summed E-state index contributed by atoms with van der Waals surface area (Å²) in [5, 5.41) is 4.98. The number of halogens is 1. The topological polar surface area (TPSA) is 67.9 Å². The standard InChI is InChI=1S/C23H19BrN2O4/c1-23(17-7-6-14-4-2-3-5-15(14)10-17)21(27)26(22(28)25-23)13-16-11-19-20(12-18(16)24)30-9-8-29-19/h2-7,10-12H,8-9,13H2,1H3,(H,25,28). The lowest BCUT2D eigenvalue weighted by Gasteiger charge is -2.23. The first-order chi connectivity index (χ1) is 14.5.